The largest absolute Gasteiger partial charge is 0.378 e. The Morgan fingerprint density at radius 1 is 1.08 bits per heavy atom. The molecule has 24 heavy (non-hydrogen) atoms. The summed E-state index contributed by atoms with van der Waals surface area (Å²) in [6.45, 7) is 6.42. The predicted octanol–water partition coefficient (Wildman–Crippen LogP) is 1.72. The number of para-hydroxylation sites is 2. The molecule has 3 rings (SSSR count). The highest BCUT2D eigenvalue weighted by Crippen LogP contribution is 2.26. The van der Waals surface area contributed by atoms with Crippen LogP contribution in [0.4, 0.5) is 11.4 Å². The van der Waals surface area contributed by atoms with Gasteiger partial charge in [-0.15, -0.1) is 0 Å². The molecule has 0 aliphatic carbocycles. The maximum atomic E-state index is 12.4. The van der Waals surface area contributed by atoms with Crippen molar-refractivity contribution in [2.45, 2.75) is 19.8 Å². The molecule has 0 spiro atoms. The fourth-order valence-electron chi connectivity index (χ4n) is 3.19. The van der Waals surface area contributed by atoms with Crippen LogP contribution in [0.2, 0.25) is 0 Å². The first-order valence-corrected chi connectivity index (χ1v) is 8.67. The number of hydrogen-bond donors (Lipinski definition) is 1. The monoisotopic (exact) mass is 331 g/mol. The number of piperidine rings is 1. The Balaban J connectivity index is 1.67. The maximum absolute atomic E-state index is 12.4. The zero-order valence-electron chi connectivity index (χ0n) is 14.2. The summed E-state index contributed by atoms with van der Waals surface area (Å²) in [5.74, 6) is -0.358. The van der Waals surface area contributed by atoms with Crippen LogP contribution >= 0.6 is 0 Å². The van der Waals surface area contributed by atoms with Gasteiger partial charge < -0.3 is 19.9 Å². The highest BCUT2D eigenvalue weighted by Gasteiger charge is 2.26. The molecule has 1 N–H and O–H groups in total. The molecule has 0 radical (unpaired) electrons. The van der Waals surface area contributed by atoms with Gasteiger partial charge in [-0.25, -0.2) is 0 Å². The molecule has 1 aromatic rings. The number of morpholine rings is 1. The summed E-state index contributed by atoms with van der Waals surface area (Å²) in [6.07, 6.45) is 1.92. The second-order valence-electron chi connectivity index (χ2n) is 6.55. The standard InChI is InChI=1S/C18H25N3O3/c1-14-6-8-21(9-7-14)18(23)17(22)19-15-4-2-3-5-16(15)20-10-12-24-13-11-20/h2-5,14H,6-13H2,1H3,(H,19,22). The molecule has 0 aromatic heterocycles. The van der Waals surface area contributed by atoms with E-state index in [0.717, 1.165) is 31.6 Å². The Bertz CT molecular complexity index is 591. The molecule has 0 bridgehead atoms. The molecule has 6 heteroatoms. The molecule has 2 saturated heterocycles. The van der Waals surface area contributed by atoms with Crippen LogP contribution in [-0.4, -0.2) is 56.1 Å². The van der Waals surface area contributed by atoms with E-state index < -0.39 is 11.8 Å². The fourth-order valence-corrected chi connectivity index (χ4v) is 3.19. The molecule has 1 aromatic carbocycles. The molecule has 0 saturated carbocycles. The number of nitrogens with zero attached hydrogens (tertiary/aromatic N) is 2. The van der Waals surface area contributed by atoms with Crippen molar-refractivity contribution in [3.8, 4) is 0 Å². The van der Waals surface area contributed by atoms with Gasteiger partial charge in [0.05, 0.1) is 24.6 Å². The Hall–Kier alpha value is -2.08. The van der Waals surface area contributed by atoms with Gasteiger partial charge in [-0.1, -0.05) is 19.1 Å². The van der Waals surface area contributed by atoms with Crippen LogP contribution in [0, 0.1) is 5.92 Å². The quantitative estimate of drug-likeness (QED) is 0.838. The van der Waals surface area contributed by atoms with Gasteiger partial charge in [-0.3, -0.25) is 9.59 Å². The third kappa shape index (κ3) is 3.87. The summed E-state index contributed by atoms with van der Waals surface area (Å²) in [5.41, 5.74) is 1.62. The topological polar surface area (TPSA) is 61.9 Å². The highest BCUT2D eigenvalue weighted by molar-refractivity contribution is 6.39. The molecule has 2 heterocycles. The van der Waals surface area contributed by atoms with Gasteiger partial charge in [0, 0.05) is 26.2 Å². The van der Waals surface area contributed by atoms with Crippen molar-refractivity contribution in [1.82, 2.24) is 4.90 Å². The SMILES string of the molecule is CC1CCN(C(=O)C(=O)Nc2ccccc2N2CCOCC2)CC1. The normalized spacial score (nSPS) is 19.2. The van der Waals surface area contributed by atoms with E-state index in [2.05, 4.69) is 17.1 Å². The van der Waals surface area contributed by atoms with E-state index in [9.17, 15) is 9.59 Å². The average Bonchev–Trinajstić information content (AvgIpc) is 2.63. The number of ether oxygens (including phenoxy) is 1. The summed E-state index contributed by atoms with van der Waals surface area (Å²) in [4.78, 5) is 28.6. The molecule has 2 aliphatic rings. The first-order valence-electron chi connectivity index (χ1n) is 8.67. The number of hydrogen-bond acceptors (Lipinski definition) is 4. The fraction of sp³-hybridized carbons (Fsp3) is 0.556. The number of benzene rings is 1. The van der Waals surface area contributed by atoms with Crippen LogP contribution in [0.15, 0.2) is 24.3 Å². The number of rotatable bonds is 2. The van der Waals surface area contributed by atoms with E-state index >= 15 is 0 Å². The third-order valence-electron chi connectivity index (χ3n) is 4.77. The summed E-state index contributed by atoms with van der Waals surface area (Å²) in [5, 5.41) is 2.80. The van der Waals surface area contributed by atoms with E-state index in [-0.39, 0.29) is 0 Å². The van der Waals surface area contributed by atoms with E-state index in [4.69, 9.17) is 4.74 Å². The minimum atomic E-state index is -0.551. The Morgan fingerprint density at radius 2 is 1.75 bits per heavy atom. The molecular formula is C18H25N3O3. The number of carbonyl (C=O) groups excluding carboxylic acids is 2. The van der Waals surface area contributed by atoms with Gasteiger partial charge >= 0.3 is 11.8 Å². The van der Waals surface area contributed by atoms with E-state index in [1.54, 1.807) is 4.90 Å². The molecule has 2 fully saturated rings. The lowest BCUT2D eigenvalue weighted by Crippen LogP contribution is -2.44. The van der Waals surface area contributed by atoms with E-state index in [1.807, 2.05) is 24.3 Å². The Morgan fingerprint density at radius 3 is 2.46 bits per heavy atom. The van der Waals surface area contributed by atoms with Gasteiger partial charge in [0.1, 0.15) is 0 Å². The Labute approximate surface area is 142 Å². The van der Waals surface area contributed by atoms with Crippen molar-refractivity contribution in [1.29, 1.82) is 0 Å². The second-order valence-corrected chi connectivity index (χ2v) is 6.55. The van der Waals surface area contributed by atoms with Gasteiger partial charge in [-0.05, 0) is 30.9 Å². The van der Waals surface area contributed by atoms with Crippen molar-refractivity contribution in [3.63, 3.8) is 0 Å². The molecule has 2 amide bonds. The van der Waals surface area contributed by atoms with Crippen LogP contribution in [0.5, 0.6) is 0 Å². The molecule has 6 nitrogen and oxygen atoms in total. The van der Waals surface area contributed by atoms with Crippen molar-refractivity contribution in [2.75, 3.05) is 49.6 Å². The second kappa shape index (κ2) is 7.66. The number of nitrogens with one attached hydrogen (secondary N) is 1. The Kier molecular flexibility index (Phi) is 5.35. The summed E-state index contributed by atoms with van der Waals surface area (Å²) in [6, 6.07) is 7.61. The number of likely N-dealkylation sites (tertiary alicyclic amines) is 1. The van der Waals surface area contributed by atoms with Crippen LogP contribution in [0.25, 0.3) is 0 Å². The van der Waals surface area contributed by atoms with E-state index in [1.165, 1.54) is 0 Å². The van der Waals surface area contributed by atoms with Crippen LogP contribution in [0.1, 0.15) is 19.8 Å². The van der Waals surface area contributed by atoms with Crippen LogP contribution < -0.4 is 10.2 Å². The zero-order chi connectivity index (χ0) is 16.9. The van der Waals surface area contributed by atoms with Crippen molar-refractivity contribution >= 4 is 23.2 Å². The molecule has 2 aliphatic heterocycles. The molecule has 0 atom stereocenters. The lowest BCUT2D eigenvalue weighted by Gasteiger charge is -2.31. The molecule has 0 unspecified atom stereocenters. The zero-order valence-corrected chi connectivity index (χ0v) is 14.2. The summed E-state index contributed by atoms with van der Waals surface area (Å²) >= 11 is 0. The van der Waals surface area contributed by atoms with Crippen molar-refractivity contribution in [2.24, 2.45) is 5.92 Å². The lowest BCUT2D eigenvalue weighted by atomic mass is 9.99. The minimum Gasteiger partial charge on any atom is -0.378 e. The summed E-state index contributed by atoms with van der Waals surface area (Å²) in [7, 11) is 0. The number of carbonyl (C=O) groups is 2. The van der Waals surface area contributed by atoms with Gasteiger partial charge in [0.2, 0.25) is 0 Å². The highest BCUT2D eigenvalue weighted by atomic mass is 16.5. The van der Waals surface area contributed by atoms with Gasteiger partial charge in [0.25, 0.3) is 0 Å². The number of amides is 2. The number of anilines is 2. The van der Waals surface area contributed by atoms with Gasteiger partial charge in [0.15, 0.2) is 0 Å². The first kappa shape index (κ1) is 16.8. The smallest absolute Gasteiger partial charge is 0.313 e. The summed E-state index contributed by atoms with van der Waals surface area (Å²) < 4.78 is 5.38. The molecular weight excluding hydrogens is 306 g/mol. The predicted molar refractivity (Wildman–Crippen MR) is 93.1 cm³/mol. The van der Waals surface area contributed by atoms with Crippen molar-refractivity contribution in [3.05, 3.63) is 24.3 Å². The minimum absolute atomic E-state index is 0.432. The van der Waals surface area contributed by atoms with E-state index in [0.29, 0.717) is 37.9 Å². The van der Waals surface area contributed by atoms with Crippen molar-refractivity contribution < 1.29 is 14.3 Å². The average molecular weight is 331 g/mol. The third-order valence-corrected chi connectivity index (χ3v) is 4.77. The first-order chi connectivity index (χ1) is 11.6. The van der Waals surface area contributed by atoms with Crippen LogP contribution in [0.3, 0.4) is 0 Å². The van der Waals surface area contributed by atoms with Crippen LogP contribution in [-0.2, 0) is 14.3 Å². The lowest BCUT2D eigenvalue weighted by molar-refractivity contribution is -0.144. The maximum Gasteiger partial charge on any atom is 0.313 e. The molecule has 130 valence electrons. The van der Waals surface area contributed by atoms with Gasteiger partial charge in [-0.2, -0.15) is 0 Å².